The second-order valence-electron chi connectivity index (χ2n) is 1.65. The van der Waals surface area contributed by atoms with Gasteiger partial charge >= 0.3 is 0 Å². The molecule has 0 radical (unpaired) electrons. The summed E-state index contributed by atoms with van der Waals surface area (Å²) in [6, 6.07) is 1.83. The number of hydrogen-bond acceptors (Lipinski definition) is 2. The van der Waals surface area contributed by atoms with Crippen molar-refractivity contribution in [2.24, 2.45) is 0 Å². The van der Waals surface area contributed by atoms with Crippen LogP contribution in [0.25, 0.3) is 0 Å². The standard InChI is InChI=1S/C6H5ClINO/c1-10-4-2-5(8)6(7)9-3-4/h2-3H,1H3. The molecule has 0 aliphatic heterocycles. The highest BCUT2D eigenvalue weighted by Gasteiger charge is 1.98. The average Bonchev–Trinajstić information content (AvgIpc) is 1.95. The van der Waals surface area contributed by atoms with Gasteiger partial charge in [0.05, 0.1) is 16.9 Å². The number of hydrogen-bond donors (Lipinski definition) is 0. The summed E-state index contributed by atoms with van der Waals surface area (Å²) in [6.45, 7) is 0. The third-order valence-corrected chi connectivity index (χ3v) is 2.45. The topological polar surface area (TPSA) is 22.1 Å². The Labute approximate surface area is 77.7 Å². The van der Waals surface area contributed by atoms with Gasteiger partial charge in [-0.2, -0.15) is 0 Å². The number of methoxy groups -OCH3 is 1. The molecule has 0 saturated heterocycles. The molecule has 1 heterocycles. The Morgan fingerprint density at radius 1 is 1.70 bits per heavy atom. The molecule has 0 aliphatic rings. The van der Waals surface area contributed by atoms with Crippen LogP contribution in [-0.4, -0.2) is 12.1 Å². The third-order valence-electron chi connectivity index (χ3n) is 1.01. The van der Waals surface area contributed by atoms with E-state index in [1.807, 2.05) is 6.07 Å². The number of halogens is 2. The van der Waals surface area contributed by atoms with Crippen molar-refractivity contribution in [3.8, 4) is 5.75 Å². The van der Waals surface area contributed by atoms with Crippen molar-refractivity contribution in [2.45, 2.75) is 0 Å². The summed E-state index contributed by atoms with van der Waals surface area (Å²) in [5.74, 6) is 0.730. The van der Waals surface area contributed by atoms with Crippen molar-refractivity contribution in [1.82, 2.24) is 4.98 Å². The molecule has 4 heteroatoms. The van der Waals surface area contributed by atoms with Crippen LogP contribution in [-0.2, 0) is 0 Å². The van der Waals surface area contributed by atoms with Crippen LogP contribution in [0.2, 0.25) is 5.15 Å². The molecule has 1 aromatic rings. The fourth-order valence-electron chi connectivity index (χ4n) is 0.515. The second-order valence-corrected chi connectivity index (χ2v) is 3.17. The predicted octanol–water partition coefficient (Wildman–Crippen LogP) is 2.35. The molecule has 0 aliphatic carbocycles. The fourth-order valence-corrected chi connectivity index (χ4v) is 1.06. The van der Waals surface area contributed by atoms with Crippen molar-refractivity contribution in [3.05, 3.63) is 21.0 Å². The van der Waals surface area contributed by atoms with E-state index in [-0.39, 0.29) is 0 Å². The second kappa shape index (κ2) is 3.39. The maximum atomic E-state index is 5.66. The van der Waals surface area contributed by atoms with Crippen molar-refractivity contribution in [1.29, 1.82) is 0 Å². The molecule has 2 nitrogen and oxygen atoms in total. The van der Waals surface area contributed by atoms with E-state index in [0.29, 0.717) is 5.15 Å². The summed E-state index contributed by atoms with van der Waals surface area (Å²) < 4.78 is 5.83. The lowest BCUT2D eigenvalue weighted by Crippen LogP contribution is -1.86. The van der Waals surface area contributed by atoms with Gasteiger partial charge in [0, 0.05) is 0 Å². The molecule has 1 aromatic heterocycles. The zero-order chi connectivity index (χ0) is 7.56. The third kappa shape index (κ3) is 1.73. The van der Waals surface area contributed by atoms with E-state index in [9.17, 15) is 0 Å². The van der Waals surface area contributed by atoms with Crippen LogP contribution in [0.3, 0.4) is 0 Å². The lowest BCUT2D eigenvalue weighted by atomic mass is 10.5. The molecule has 0 N–H and O–H groups in total. The first-order valence-electron chi connectivity index (χ1n) is 2.59. The van der Waals surface area contributed by atoms with E-state index in [2.05, 4.69) is 27.6 Å². The van der Waals surface area contributed by atoms with Gasteiger partial charge in [0.2, 0.25) is 0 Å². The van der Waals surface area contributed by atoms with Crippen molar-refractivity contribution in [2.75, 3.05) is 7.11 Å². The van der Waals surface area contributed by atoms with Crippen LogP contribution < -0.4 is 4.74 Å². The van der Waals surface area contributed by atoms with Crippen molar-refractivity contribution < 1.29 is 4.74 Å². The molecule has 0 unspecified atom stereocenters. The van der Waals surface area contributed by atoms with E-state index in [1.54, 1.807) is 13.3 Å². The van der Waals surface area contributed by atoms with E-state index in [4.69, 9.17) is 16.3 Å². The molecule has 0 spiro atoms. The van der Waals surface area contributed by atoms with Gasteiger partial charge in [0.15, 0.2) is 0 Å². The summed E-state index contributed by atoms with van der Waals surface area (Å²) in [5, 5.41) is 0.515. The SMILES string of the molecule is COc1cnc(Cl)c(I)c1. The van der Waals surface area contributed by atoms with Gasteiger partial charge in [-0.25, -0.2) is 4.98 Å². The van der Waals surface area contributed by atoms with E-state index >= 15 is 0 Å². The first-order valence-corrected chi connectivity index (χ1v) is 4.04. The summed E-state index contributed by atoms with van der Waals surface area (Å²) in [5.41, 5.74) is 0. The Morgan fingerprint density at radius 2 is 2.40 bits per heavy atom. The largest absolute Gasteiger partial charge is 0.495 e. The Morgan fingerprint density at radius 3 is 2.90 bits per heavy atom. The number of rotatable bonds is 1. The van der Waals surface area contributed by atoms with E-state index in [0.717, 1.165) is 9.32 Å². The minimum absolute atomic E-state index is 0.515. The summed E-state index contributed by atoms with van der Waals surface area (Å²) in [6.07, 6.45) is 1.59. The normalized spacial score (nSPS) is 9.50. The van der Waals surface area contributed by atoms with Crippen LogP contribution in [0.4, 0.5) is 0 Å². The van der Waals surface area contributed by atoms with Gasteiger partial charge in [0.1, 0.15) is 10.9 Å². The Balaban J connectivity index is 3.04. The van der Waals surface area contributed by atoms with E-state index < -0.39 is 0 Å². The summed E-state index contributed by atoms with van der Waals surface area (Å²) >= 11 is 7.76. The van der Waals surface area contributed by atoms with Gasteiger partial charge in [0.25, 0.3) is 0 Å². The molecular weight excluding hydrogens is 264 g/mol. The molecule has 0 amide bonds. The number of aromatic nitrogens is 1. The van der Waals surface area contributed by atoms with Crippen molar-refractivity contribution in [3.63, 3.8) is 0 Å². The molecule has 0 atom stereocenters. The zero-order valence-electron chi connectivity index (χ0n) is 5.27. The van der Waals surface area contributed by atoms with Gasteiger partial charge < -0.3 is 4.74 Å². The summed E-state index contributed by atoms with van der Waals surface area (Å²) in [4.78, 5) is 3.88. The predicted molar refractivity (Wildman–Crippen MR) is 48.5 cm³/mol. The van der Waals surface area contributed by atoms with Crippen LogP contribution in [0.15, 0.2) is 12.3 Å². The lowest BCUT2D eigenvalue weighted by molar-refractivity contribution is 0.412. The summed E-state index contributed by atoms with van der Waals surface area (Å²) in [7, 11) is 1.60. The van der Waals surface area contributed by atoms with Crippen LogP contribution in [0.1, 0.15) is 0 Å². The highest BCUT2D eigenvalue weighted by atomic mass is 127. The first kappa shape index (κ1) is 8.07. The lowest BCUT2D eigenvalue weighted by Gasteiger charge is -1.98. The van der Waals surface area contributed by atoms with Gasteiger partial charge in [-0.05, 0) is 28.7 Å². The van der Waals surface area contributed by atoms with Gasteiger partial charge in [-0.15, -0.1) is 0 Å². The molecule has 10 heavy (non-hydrogen) atoms. The van der Waals surface area contributed by atoms with Crippen LogP contribution >= 0.6 is 34.2 Å². The highest BCUT2D eigenvalue weighted by Crippen LogP contribution is 2.19. The van der Waals surface area contributed by atoms with Crippen LogP contribution in [0, 0.1) is 3.57 Å². The minimum atomic E-state index is 0.515. The van der Waals surface area contributed by atoms with E-state index in [1.165, 1.54) is 0 Å². The maximum absolute atomic E-state index is 5.66. The quantitative estimate of drug-likeness (QED) is 0.577. The molecule has 54 valence electrons. The minimum Gasteiger partial charge on any atom is -0.495 e. The van der Waals surface area contributed by atoms with Crippen LogP contribution in [0.5, 0.6) is 5.75 Å². The first-order chi connectivity index (χ1) is 4.74. The highest BCUT2D eigenvalue weighted by molar-refractivity contribution is 14.1. The molecule has 1 rings (SSSR count). The zero-order valence-corrected chi connectivity index (χ0v) is 8.18. The van der Waals surface area contributed by atoms with Gasteiger partial charge in [-0.3, -0.25) is 0 Å². The van der Waals surface area contributed by atoms with Gasteiger partial charge in [-0.1, -0.05) is 11.6 Å². The molecule has 0 aromatic carbocycles. The Kier molecular flexibility index (Phi) is 2.73. The Hall–Kier alpha value is -0.0300. The molecule has 0 bridgehead atoms. The number of ether oxygens (including phenoxy) is 1. The maximum Gasteiger partial charge on any atom is 0.142 e. The monoisotopic (exact) mass is 269 g/mol. The number of pyridine rings is 1. The molecule has 0 saturated carbocycles. The number of nitrogens with zero attached hydrogens (tertiary/aromatic N) is 1. The molecule has 0 fully saturated rings. The average molecular weight is 269 g/mol. The van der Waals surface area contributed by atoms with Crippen molar-refractivity contribution >= 4 is 34.2 Å². The fraction of sp³-hybridized carbons (Fsp3) is 0.167. The Bertz CT molecular complexity index is 241. The molecular formula is C6H5ClINO. The smallest absolute Gasteiger partial charge is 0.142 e.